The second-order valence-corrected chi connectivity index (χ2v) is 6.14. The van der Waals surface area contributed by atoms with E-state index in [0.29, 0.717) is 0 Å². The number of halogens is 2. The van der Waals surface area contributed by atoms with Gasteiger partial charge >= 0.3 is 0 Å². The zero-order valence-corrected chi connectivity index (χ0v) is 10.3. The smallest absolute Gasteiger partial charge is 0.285 e. The summed E-state index contributed by atoms with van der Waals surface area (Å²) < 4.78 is 48.7. The molecule has 96 valence electrons. The summed E-state index contributed by atoms with van der Waals surface area (Å²) in [6.07, 6.45) is 1.07. The van der Waals surface area contributed by atoms with Gasteiger partial charge in [-0.3, -0.25) is 0 Å². The summed E-state index contributed by atoms with van der Waals surface area (Å²) >= 11 is 0. The first kappa shape index (κ1) is 14.1. The maximum Gasteiger partial charge on any atom is 0.285 e. The molecule has 17 heavy (non-hydrogen) atoms. The minimum Gasteiger partial charge on any atom is -0.310 e. The van der Waals surface area contributed by atoms with Crippen LogP contribution < -0.4 is 5.32 Å². The van der Waals surface area contributed by atoms with Gasteiger partial charge in [-0.15, -0.1) is 0 Å². The zero-order valence-electron chi connectivity index (χ0n) is 9.49. The molecule has 3 nitrogen and oxygen atoms in total. The summed E-state index contributed by atoms with van der Waals surface area (Å²) in [6.45, 7) is -0.534. The van der Waals surface area contributed by atoms with Crippen molar-refractivity contribution in [3.05, 3.63) is 35.9 Å². The van der Waals surface area contributed by atoms with Crippen LogP contribution in [-0.4, -0.2) is 33.5 Å². The van der Waals surface area contributed by atoms with Gasteiger partial charge in [0.2, 0.25) is 0 Å². The van der Waals surface area contributed by atoms with Gasteiger partial charge in [-0.1, -0.05) is 30.3 Å². The Labute approximate surface area is 99.8 Å². The van der Waals surface area contributed by atoms with Gasteiger partial charge in [0.05, 0.1) is 12.3 Å². The molecule has 0 heterocycles. The van der Waals surface area contributed by atoms with Crippen LogP contribution in [0.1, 0.15) is 5.56 Å². The fourth-order valence-corrected chi connectivity index (χ4v) is 1.80. The van der Waals surface area contributed by atoms with Crippen molar-refractivity contribution in [3.63, 3.8) is 0 Å². The first-order valence-electron chi connectivity index (χ1n) is 5.13. The highest BCUT2D eigenvalue weighted by atomic mass is 32.2. The van der Waals surface area contributed by atoms with Crippen molar-refractivity contribution in [2.45, 2.75) is 5.92 Å². The van der Waals surface area contributed by atoms with E-state index in [1.165, 1.54) is 12.1 Å². The lowest BCUT2D eigenvalue weighted by atomic mass is 10.1. The third-order valence-corrected chi connectivity index (χ3v) is 3.14. The second-order valence-electron chi connectivity index (χ2n) is 3.88. The summed E-state index contributed by atoms with van der Waals surface area (Å²) in [4.78, 5) is 0. The quantitative estimate of drug-likeness (QED) is 0.789. The minimum absolute atomic E-state index is 0.0290. The number of rotatable bonds is 6. The highest BCUT2D eigenvalue weighted by Crippen LogP contribution is 2.26. The Balaban J connectivity index is 2.46. The van der Waals surface area contributed by atoms with Crippen molar-refractivity contribution in [1.29, 1.82) is 0 Å². The number of hydrogen-bond acceptors (Lipinski definition) is 3. The van der Waals surface area contributed by atoms with Crippen LogP contribution in [0.2, 0.25) is 0 Å². The normalized spacial score (nSPS) is 12.6. The summed E-state index contributed by atoms with van der Waals surface area (Å²) in [5.41, 5.74) is -0.0770. The molecule has 0 fully saturated rings. The van der Waals surface area contributed by atoms with E-state index in [9.17, 15) is 17.2 Å². The molecule has 0 spiro atoms. The van der Waals surface area contributed by atoms with Crippen LogP contribution in [-0.2, 0) is 15.8 Å². The van der Waals surface area contributed by atoms with E-state index in [1.807, 2.05) is 0 Å². The number of hydrogen-bond donors (Lipinski definition) is 1. The molecule has 1 aromatic rings. The fraction of sp³-hybridized carbons (Fsp3) is 0.455. The maximum absolute atomic E-state index is 13.6. The van der Waals surface area contributed by atoms with Gasteiger partial charge in [-0.2, -0.15) is 8.78 Å². The molecule has 0 aromatic heterocycles. The lowest BCUT2D eigenvalue weighted by Gasteiger charge is -2.17. The molecule has 0 aliphatic heterocycles. The Hall–Kier alpha value is -1.01. The maximum atomic E-state index is 13.6. The highest BCUT2D eigenvalue weighted by Gasteiger charge is 2.30. The van der Waals surface area contributed by atoms with Crippen molar-refractivity contribution in [2.75, 3.05) is 25.1 Å². The summed E-state index contributed by atoms with van der Waals surface area (Å²) in [5.74, 6) is -3.13. The zero-order chi connectivity index (χ0) is 12.9. The average Bonchev–Trinajstić information content (AvgIpc) is 2.25. The molecule has 0 unspecified atom stereocenters. The van der Waals surface area contributed by atoms with Crippen LogP contribution in [0, 0.1) is 0 Å². The molecular formula is C11H15F2NO2S. The fourth-order valence-electron chi connectivity index (χ4n) is 1.29. The van der Waals surface area contributed by atoms with E-state index in [1.54, 1.807) is 18.2 Å². The molecule has 1 rings (SSSR count). The average molecular weight is 263 g/mol. The predicted octanol–water partition coefficient (Wildman–Crippen LogP) is 1.41. The molecule has 1 N–H and O–H groups in total. The third kappa shape index (κ3) is 5.23. The molecule has 0 aliphatic carbocycles. The van der Waals surface area contributed by atoms with Gasteiger partial charge < -0.3 is 5.32 Å². The molecule has 0 amide bonds. The molecule has 6 heteroatoms. The van der Waals surface area contributed by atoms with Gasteiger partial charge in [-0.05, 0) is 0 Å². The lowest BCUT2D eigenvalue weighted by molar-refractivity contribution is -0.00256. The number of alkyl halides is 2. The van der Waals surface area contributed by atoms with Gasteiger partial charge in [-0.25, -0.2) is 8.42 Å². The summed E-state index contributed by atoms with van der Waals surface area (Å²) in [7, 11) is -3.11. The van der Waals surface area contributed by atoms with Crippen molar-refractivity contribution < 1.29 is 17.2 Å². The van der Waals surface area contributed by atoms with Gasteiger partial charge in [0, 0.05) is 18.4 Å². The monoisotopic (exact) mass is 263 g/mol. The highest BCUT2D eigenvalue weighted by molar-refractivity contribution is 7.90. The van der Waals surface area contributed by atoms with Crippen LogP contribution in [0.25, 0.3) is 0 Å². The standard InChI is InChI=1S/C11H15F2NO2S/c1-17(15,16)8-7-14-9-11(12,13)10-5-3-2-4-6-10/h2-6,14H,7-9H2,1H3. The van der Waals surface area contributed by atoms with Gasteiger partial charge in [0.25, 0.3) is 5.92 Å². The van der Waals surface area contributed by atoms with E-state index in [0.717, 1.165) is 6.26 Å². The van der Waals surface area contributed by atoms with Crippen LogP contribution >= 0.6 is 0 Å². The lowest BCUT2D eigenvalue weighted by Crippen LogP contribution is -2.33. The van der Waals surface area contributed by atoms with Crippen molar-refractivity contribution >= 4 is 9.84 Å². The molecule has 1 aromatic carbocycles. The van der Waals surface area contributed by atoms with E-state index in [4.69, 9.17) is 0 Å². The third-order valence-electron chi connectivity index (χ3n) is 2.19. The van der Waals surface area contributed by atoms with Crippen LogP contribution in [0.5, 0.6) is 0 Å². The molecule has 0 saturated heterocycles. The number of sulfone groups is 1. The van der Waals surface area contributed by atoms with Crippen LogP contribution in [0.3, 0.4) is 0 Å². The van der Waals surface area contributed by atoms with Gasteiger partial charge in [0.15, 0.2) is 0 Å². The number of nitrogens with one attached hydrogen (secondary N) is 1. The molecule has 0 bridgehead atoms. The first-order chi connectivity index (χ1) is 7.81. The molecule has 0 aliphatic rings. The van der Waals surface area contributed by atoms with Crippen LogP contribution in [0.15, 0.2) is 30.3 Å². The second kappa shape index (κ2) is 5.55. The van der Waals surface area contributed by atoms with Crippen molar-refractivity contribution in [2.24, 2.45) is 0 Å². The molecular weight excluding hydrogens is 248 g/mol. The largest absolute Gasteiger partial charge is 0.310 e. The van der Waals surface area contributed by atoms with E-state index >= 15 is 0 Å². The minimum atomic E-state index is -3.11. The van der Waals surface area contributed by atoms with Crippen LogP contribution in [0.4, 0.5) is 8.78 Å². The van der Waals surface area contributed by atoms with Crippen molar-refractivity contribution in [1.82, 2.24) is 5.32 Å². The Bertz CT molecular complexity index is 446. The Morgan fingerprint density at radius 1 is 1.24 bits per heavy atom. The molecule has 0 radical (unpaired) electrons. The van der Waals surface area contributed by atoms with E-state index < -0.39 is 22.3 Å². The number of benzene rings is 1. The Kier molecular flexibility index (Phi) is 4.59. The Morgan fingerprint density at radius 3 is 2.35 bits per heavy atom. The summed E-state index contributed by atoms with van der Waals surface area (Å²) in [5, 5.41) is 2.45. The first-order valence-corrected chi connectivity index (χ1v) is 7.19. The predicted molar refractivity (Wildman–Crippen MR) is 62.9 cm³/mol. The van der Waals surface area contributed by atoms with E-state index in [2.05, 4.69) is 5.32 Å². The molecule has 0 atom stereocenters. The topological polar surface area (TPSA) is 46.2 Å². The Morgan fingerprint density at radius 2 is 1.82 bits per heavy atom. The SMILES string of the molecule is CS(=O)(=O)CCNCC(F)(F)c1ccccc1. The van der Waals surface area contributed by atoms with Crippen molar-refractivity contribution in [3.8, 4) is 0 Å². The van der Waals surface area contributed by atoms with Gasteiger partial charge in [0.1, 0.15) is 9.84 Å². The molecule has 0 saturated carbocycles. The summed E-state index contributed by atoms with van der Waals surface area (Å²) in [6, 6.07) is 7.44. The van der Waals surface area contributed by atoms with E-state index in [-0.39, 0.29) is 17.9 Å².